The van der Waals surface area contributed by atoms with E-state index in [-0.39, 0.29) is 11.6 Å². The zero-order chi connectivity index (χ0) is 13.1. The Kier molecular flexibility index (Phi) is 3.18. The predicted octanol–water partition coefficient (Wildman–Crippen LogP) is 2.41. The van der Waals surface area contributed by atoms with Crippen molar-refractivity contribution in [2.45, 2.75) is 6.92 Å². The van der Waals surface area contributed by atoms with E-state index in [1.807, 2.05) is 0 Å². The van der Waals surface area contributed by atoms with Crippen LogP contribution in [0.2, 0.25) is 0 Å². The van der Waals surface area contributed by atoms with Gasteiger partial charge < -0.3 is 9.84 Å². The summed E-state index contributed by atoms with van der Waals surface area (Å²) < 4.78 is 18.6. The van der Waals surface area contributed by atoms with Crippen molar-refractivity contribution in [1.82, 2.24) is 10.2 Å². The van der Waals surface area contributed by atoms with E-state index in [2.05, 4.69) is 10.2 Å². The van der Waals surface area contributed by atoms with Gasteiger partial charge in [-0.05, 0) is 25.1 Å². The summed E-state index contributed by atoms with van der Waals surface area (Å²) in [6, 6.07) is 6.95. The van der Waals surface area contributed by atoms with E-state index < -0.39 is 17.3 Å². The number of hydrogen-bond acceptors (Lipinski definition) is 4. The Bertz CT molecular complexity index is 584. The van der Waals surface area contributed by atoms with E-state index in [4.69, 9.17) is 9.84 Å². The molecule has 92 valence electrons. The summed E-state index contributed by atoms with van der Waals surface area (Å²) in [5.74, 6) is -2.27. The lowest BCUT2D eigenvalue weighted by atomic mass is 10.2. The molecule has 0 saturated carbocycles. The molecule has 0 saturated heterocycles. The molecular weight excluding hydrogens is 239 g/mol. The van der Waals surface area contributed by atoms with Crippen molar-refractivity contribution in [3.63, 3.8) is 0 Å². The highest BCUT2D eigenvalue weighted by molar-refractivity contribution is 5.91. The Morgan fingerprint density at radius 1 is 1.28 bits per heavy atom. The van der Waals surface area contributed by atoms with Crippen molar-refractivity contribution in [2.75, 3.05) is 0 Å². The monoisotopic (exact) mass is 248 g/mol. The van der Waals surface area contributed by atoms with Gasteiger partial charge in [0.1, 0.15) is 17.1 Å². The van der Waals surface area contributed by atoms with Gasteiger partial charge in [-0.25, -0.2) is 9.18 Å². The fourth-order valence-corrected chi connectivity index (χ4v) is 1.35. The quantitative estimate of drug-likeness (QED) is 0.902. The highest BCUT2D eigenvalue weighted by atomic mass is 19.1. The molecule has 0 atom stereocenters. The fraction of sp³-hybridized carbons (Fsp3) is 0.0833. The van der Waals surface area contributed by atoms with Crippen LogP contribution in [0.25, 0.3) is 0 Å². The van der Waals surface area contributed by atoms with E-state index in [1.54, 1.807) is 13.0 Å². The number of carboxylic acid groups (broad SMARTS) is 1. The lowest BCUT2D eigenvalue weighted by molar-refractivity contribution is 0.0689. The Hall–Kier alpha value is -2.50. The number of aromatic nitrogens is 2. The number of halogens is 1. The number of aryl methyl sites for hydroxylation is 1. The third kappa shape index (κ3) is 2.42. The van der Waals surface area contributed by atoms with Crippen LogP contribution in [0, 0.1) is 12.7 Å². The van der Waals surface area contributed by atoms with Gasteiger partial charge in [0.05, 0.1) is 5.69 Å². The highest BCUT2D eigenvalue weighted by Crippen LogP contribution is 2.25. The lowest BCUT2D eigenvalue weighted by Gasteiger charge is -2.07. The van der Waals surface area contributed by atoms with Crippen LogP contribution >= 0.6 is 0 Å². The second kappa shape index (κ2) is 4.79. The van der Waals surface area contributed by atoms with Crippen LogP contribution < -0.4 is 4.74 Å². The molecular formula is C12H9FN2O3. The standard InChI is InChI=1S/C12H9FN2O3/c1-7-5-6-10(15-14-7)18-9-4-2-3-8(13)11(9)12(16)17/h2-6H,1H3,(H,16,17). The molecule has 6 heteroatoms. The van der Waals surface area contributed by atoms with Gasteiger partial charge in [-0.1, -0.05) is 6.07 Å². The van der Waals surface area contributed by atoms with E-state index in [0.717, 1.165) is 6.07 Å². The normalized spacial score (nSPS) is 10.1. The number of nitrogens with zero attached hydrogens (tertiary/aromatic N) is 2. The smallest absolute Gasteiger partial charge is 0.342 e. The van der Waals surface area contributed by atoms with E-state index in [9.17, 15) is 9.18 Å². The Labute approximate surface area is 102 Å². The Balaban J connectivity index is 2.37. The highest BCUT2D eigenvalue weighted by Gasteiger charge is 2.17. The van der Waals surface area contributed by atoms with Gasteiger partial charge in [-0.15, -0.1) is 5.10 Å². The maximum Gasteiger partial charge on any atom is 0.342 e. The van der Waals surface area contributed by atoms with Crippen LogP contribution in [0.4, 0.5) is 4.39 Å². The van der Waals surface area contributed by atoms with Gasteiger partial charge in [0.25, 0.3) is 0 Å². The maximum absolute atomic E-state index is 13.4. The van der Waals surface area contributed by atoms with E-state index >= 15 is 0 Å². The second-order valence-corrected chi connectivity index (χ2v) is 3.53. The minimum Gasteiger partial charge on any atom is -0.477 e. The van der Waals surface area contributed by atoms with Gasteiger partial charge in [0.15, 0.2) is 0 Å². The fourth-order valence-electron chi connectivity index (χ4n) is 1.35. The number of carboxylic acids is 1. The molecule has 0 aliphatic rings. The van der Waals surface area contributed by atoms with Crippen molar-refractivity contribution in [2.24, 2.45) is 0 Å². The third-order valence-corrected chi connectivity index (χ3v) is 2.18. The molecule has 0 fully saturated rings. The van der Waals surface area contributed by atoms with Crippen molar-refractivity contribution < 1.29 is 19.0 Å². The molecule has 5 nitrogen and oxygen atoms in total. The first-order chi connectivity index (χ1) is 8.58. The van der Waals surface area contributed by atoms with Crippen LogP contribution in [0.1, 0.15) is 16.1 Å². The molecule has 18 heavy (non-hydrogen) atoms. The van der Waals surface area contributed by atoms with Crippen LogP contribution in [0.15, 0.2) is 30.3 Å². The molecule has 0 aliphatic heterocycles. The summed E-state index contributed by atoms with van der Waals surface area (Å²) in [5, 5.41) is 16.4. The first kappa shape index (κ1) is 12.0. The second-order valence-electron chi connectivity index (χ2n) is 3.53. The average molecular weight is 248 g/mol. The molecule has 1 aromatic heterocycles. The zero-order valence-electron chi connectivity index (χ0n) is 9.42. The topological polar surface area (TPSA) is 72.3 Å². The van der Waals surface area contributed by atoms with E-state index in [1.165, 1.54) is 18.2 Å². The molecule has 0 aliphatic carbocycles. The number of benzene rings is 1. The summed E-state index contributed by atoms with van der Waals surface area (Å²) in [5.41, 5.74) is 0.167. The first-order valence-corrected chi connectivity index (χ1v) is 5.08. The van der Waals surface area contributed by atoms with Crippen LogP contribution in [-0.4, -0.2) is 21.3 Å². The molecule has 0 amide bonds. The molecule has 2 rings (SSSR count). The predicted molar refractivity (Wildman–Crippen MR) is 60.2 cm³/mol. The maximum atomic E-state index is 13.4. The molecule has 0 unspecified atom stereocenters. The van der Waals surface area contributed by atoms with E-state index in [0.29, 0.717) is 5.69 Å². The molecule has 1 aromatic carbocycles. The SMILES string of the molecule is Cc1ccc(Oc2cccc(F)c2C(=O)O)nn1. The van der Waals surface area contributed by atoms with Crippen molar-refractivity contribution in [1.29, 1.82) is 0 Å². The first-order valence-electron chi connectivity index (χ1n) is 5.08. The zero-order valence-corrected chi connectivity index (χ0v) is 9.42. The summed E-state index contributed by atoms with van der Waals surface area (Å²) in [6.45, 7) is 1.75. The van der Waals surface area contributed by atoms with Crippen molar-refractivity contribution >= 4 is 5.97 Å². The number of ether oxygens (including phenoxy) is 1. The van der Waals surface area contributed by atoms with Gasteiger partial charge >= 0.3 is 5.97 Å². The largest absolute Gasteiger partial charge is 0.477 e. The minimum atomic E-state index is -1.40. The molecule has 1 heterocycles. The van der Waals surface area contributed by atoms with Crippen molar-refractivity contribution in [3.05, 3.63) is 47.4 Å². The summed E-state index contributed by atoms with van der Waals surface area (Å²) in [4.78, 5) is 10.9. The Morgan fingerprint density at radius 3 is 2.67 bits per heavy atom. The molecule has 0 spiro atoms. The summed E-state index contributed by atoms with van der Waals surface area (Å²) in [7, 11) is 0. The number of aromatic carboxylic acids is 1. The average Bonchev–Trinajstić information content (AvgIpc) is 2.32. The molecule has 2 aromatic rings. The van der Waals surface area contributed by atoms with Gasteiger partial charge in [0.2, 0.25) is 5.88 Å². The summed E-state index contributed by atoms with van der Waals surface area (Å²) in [6.07, 6.45) is 0. The molecule has 0 radical (unpaired) electrons. The summed E-state index contributed by atoms with van der Waals surface area (Å²) >= 11 is 0. The van der Waals surface area contributed by atoms with Crippen LogP contribution in [0.3, 0.4) is 0 Å². The molecule has 1 N–H and O–H groups in total. The Morgan fingerprint density at radius 2 is 2.06 bits per heavy atom. The minimum absolute atomic E-state index is 0.105. The number of rotatable bonds is 3. The van der Waals surface area contributed by atoms with Crippen molar-refractivity contribution in [3.8, 4) is 11.6 Å². The third-order valence-electron chi connectivity index (χ3n) is 2.18. The van der Waals surface area contributed by atoms with Gasteiger partial charge in [0, 0.05) is 6.07 Å². The molecule has 0 bridgehead atoms. The van der Waals surface area contributed by atoms with Gasteiger partial charge in [-0.2, -0.15) is 5.10 Å². The lowest BCUT2D eigenvalue weighted by Crippen LogP contribution is -2.04. The number of hydrogen-bond donors (Lipinski definition) is 1. The van der Waals surface area contributed by atoms with Gasteiger partial charge in [-0.3, -0.25) is 0 Å². The van der Waals surface area contributed by atoms with Crippen LogP contribution in [-0.2, 0) is 0 Å². The number of carbonyl (C=O) groups is 1. The van der Waals surface area contributed by atoms with Crippen LogP contribution in [0.5, 0.6) is 11.6 Å².